The number of rotatable bonds is 8. The lowest BCUT2D eigenvalue weighted by Gasteiger charge is -2.26. The van der Waals surface area contributed by atoms with Gasteiger partial charge in [0.25, 0.3) is 11.8 Å². The van der Waals surface area contributed by atoms with E-state index >= 15 is 0 Å². The Balaban J connectivity index is 1.76. The van der Waals surface area contributed by atoms with E-state index in [0.29, 0.717) is 48.2 Å². The third-order valence-corrected chi connectivity index (χ3v) is 6.00. The molecule has 1 aromatic heterocycles. The summed E-state index contributed by atoms with van der Waals surface area (Å²) in [5.41, 5.74) is 0.669. The molecule has 9 nitrogen and oxygen atoms in total. The first-order valence-electron chi connectivity index (χ1n) is 10.2. The predicted octanol–water partition coefficient (Wildman–Crippen LogP) is 2.73. The molecule has 10 heteroatoms. The van der Waals surface area contributed by atoms with Crippen LogP contribution in [0.25, 0.3) is 0 Å². The third-order valence-electron chi connectivity index (χ3n) is 4.80. The molecule has 1 aliphatic rings. The first-order chi connectivity index (χ1) is 15.4. The number of carbonyl (C=O) groups excluding carboxylic acids is 3. The number of nitrogens with one attached hydrogen (secondary N) is 1. The molecule has 32 heavy (non-hydrogen) atoms. The Hall–Kier alpha value is -3.11. The van der Waals surface area contributed by atoms with Crippen LogP contribution in [0.3, 0.4) is 0 Å². The van der Waals surface area contributed by atoms with Crippen LogP contribution in [0.2, 0.25) is 0 Å². The zero-order chi connectivity index (χ0) is 23.1. The zero-order valence-electron chi connectivity index (χ0n) is 18.3. The van der Waals surface area contributed by atoms with Gasteiger partial charge in [-0.05, 0) is 43.7 Å². The van der Waals surface area contributed by atoms with Crippen molar-refractivity contribution in [2.24, 2.45) is 0 Å². The van der Waals surface area contributed by atoms with Crippen molar-refractivity contribution in [2.45, 2.75) is 13.8 Å². The number of ether oxygens (including phenoxy) is 4. The highest BCUT2D eigenvalue weighted by atomic mass is 32.1. The molecule has 0 bridgehead atoms. The van der Waals surface area contributed by atoms with E-state index in [2.05, 4.69) is 5.32 Å². The summed E-state index contributed by atoms with van der Waals surface area (Å²) in [6, 6.07) is 6.81. The van der Waals surface area contributed by atoms with Crippen LogP contribution in [0, 0.1) is 6.92 Å². The number of morpholine rings is 1. The summed E-state index contributed by atoms with van der Waals surface area (Å²) in [5, 5.41) is 2.96. The number of methoxy groups -OCH3 is 1. The lowest BCUT2D eigenvalue weighted by Crippen LogP contribution is -2.40. The molecule has 1 aromatic carbocycles. The molecule has 1 saturated heterocycles. The summed E-state index contributed by atoms with van der Waals surface area (Å²) in [6.07, 6.45) is 0. The molecule has 1 N–H and O–H groups in total. The van der Waals surface area contributed by atoms with Gasteiger partial charge in [-0.3, -0.25) is 9.59 Å². The summed E-state index contributed by atoms with van der Waals surface area (Å²) < 4.78 is 21.0. The van der Waals surface area contributed by atoms with Crippen LogP contribution in [0.4, 0.5) is 5.00 Å². The van der Waals surface area contributed by atoms with Crippen molar-refractivity contribution in [3.8, 4) is 11.5 Å². The minimum atomic E-state index is -0.589. The van der Waals surface area contributed by atoms with Gasteiger partial charge in [0, 0.05) is 13.1 Å². The van der Waals surface area contributed by atoms with Gasteiger partial charge in [0.2, 0.25) is 0 Å². The van der Waals surface area contributed by atoms with Crippen molar-refractivity contribution in [2.75, 3.05) is 51.9 Å². The van der Waals surface area contributed by atoms with Crippen LogP contribution in [0.1, 0.15) is 32.5 Å². The van der Waals surface area contributed by atoms with Gasteiger partial charge in [0.1, 0.15) is 16.5 Å². The minimum Gasteiger partial charge on any atom is -0.497 e. The fourth-order valence-corrected chi connectivity index (χ4v) is 4.33. The van der Waals surface area contributed by atoms with Gasteiger partial charge in [-0.15, -0.1) is 11.3 Å². The molecule has 0 spiro atoms. The standard InChI is InChI=1S/C22H26N2O7S/c1-4-30-22(27)18-14(2)19(21(26)24-9-11-29-12-10-24)32-20(18)23-17(25)13-31-16-7-5-15(28-3)6-8-16/h5-8H,4,9-13H2,1-3H3,(H,23,25). The van der Waals surface area contributed by atoms with Gasteiger partial charge >= 0.3 is 5.97 Å². The number of amides is 2. The number of carbonyl (C=O) groups is 3. The highest BCUT2D eigenvalue weighted by molar-refractivity contribution is 7.18. The number of hydrogen-bond donors (Lipinski definition) is 1. The zero-order valence-corrected chi connectivity index (χ0v) is 19.1. The summed E-state index contributed by atoms with van der Waals surface area (Å²) >= 11 is 1.06. The average molecular weight is 463 g/mol. The number of thiophene rings is 1. The van der Waals surface area contributed by atoms with E-state index in [1.807, 2.05) is 0 Å². The van der Waals surface area contributed by atoms with Crippen LogP contribution < -0.4 is 14.8 Å². The Morgan fingerprint density at radius 3 is 2.41 bits per heavy atom. The first-order valence-corrected chi connectivity index (χ1v) is 11.0. The number of anilines is 1. The SMILES string of the molecule is CCOC(=O)c1c(NC(=O)COc2ccc(OC)cc2)sc(C(=O)N2CCOCC2)c1C. The van der Waals surface area contributed by atoms with Crippen LogP contribution in [0.15, 0.2) is 24.3 Å². The van der Waals surface area contributed by atoms with E-state index in [0.717, 1.165) is 11.3 Å². The molecule has 1 aliphatic heterocycles. The largest absolute Gasteiger partial charge is 0.497 e. The maximum absolute atomic E-state index is 13.0. The molecule has 2 amide bonds. The molecule has 0 aliphatic carbocycles. The van der Waals surface area contributed by atoms with E-state index in [1.54, 1.807) is 50.1 Å². The molecular weight excluding hydrogens is 436 g/mol. The van der Waals surface area contributed by atoms with Gasteiger partial charge in [0.05, 0.1) is 37.4 Å². The van der Waals surface area contributed by atoms with E-state index < -0.39 is 11.9 Å². The molecule has 2 aromatic rings. The lowest BCUT2D eigenvalue weighted by atomic mass is 10.1. The number of esters is 1. The predicted molar refractivity (Wildman–Crippen MR) is 119 cm³/mol. The van der Waals surface area contributed by atoms with Gasteiger partial charge in [-0.1, -0.05) is 0 Å². The molecule has 1 fully saturated rings. The molecular formula is C22H26N2O7S. The second kappa shape index (κ2) is 11.0. The van der Waals surface area contributed by atoms with E-state index in [9.17, 15) is 14.4 Å². The smallest absolute Gasteiger partial charge is 0.341 e. The van der Waals surface area contributed by atoms with E-state index in [1.165, 1.54) is 0 Å². The summed E-state index contributed by atoms with van der Waals surface area (Å²) in [6.45, 7) is 5.17. The van der Waals surface area contributed by atoms with Crippen molar-refractivity contribution in [3.63, 3.8) is 0 Å². The molecule has 0 atom stereocenters. The van der Waals surface area contributed by atoms with Crippen LogP contribution in [-0.4, -0.2) is 69.3 Å². The summed E-state index contributed by atoms with van der Waals surface area (Å²) in [5.74, 6) is -0.0764. The molecule has 0 radical (unpaired) electrons. The van der Waals surface area contributed by atoms with Crippen LogP contribution in [-0.2, 0) is 14.3 Å². The van der Waals surface area contributed by atoms with Gasteiger partial charge in [-0.25, -0.2) is 4.79 Å². The molecule has 172 valence electrons. The van der Waals surface area contributed by atoms with Crippen molar-refractivity contribution in [3.05, 3.63) is 40.3 Å². The fraction of sp³-hybridized carbons (Fsp3) is 0.409. The Bertz CT molecular complexity index is 965. The third kappa shape index (κ3) is 5.57. The first kappa shape index (κ1) is 23.6. The Labute approximate surface area is 190 Å². The fourth-order valence-electron chi connectivity index (χ4n) is 3.15. The maximum Gasteiger partial charge on any atom is 0.341 e. The Morgan fingerprint density at radius 2 is 1.78 bits per heavy atom. The molecule has 0 unspecified atom stereocenters. The molecule has 2 heterocycles. The molecule has 3 rings (SSSR count). The number of benzene rings is 1. The quantitative estimate of drug-likeness (QED) is 0.602. The van der Waals surface area contributed by atoms with Gasteiger partial charge < -0.3 is 29.2 Å². The average Bonchev–Trinajstić information content (AvgIpc) is 3.13. The summed E-state index contributed by atoms with van der Waals surface area (Å²) in [4.78, 5) is 40.1. The maximum atomic E-state index is 13.0. The second-order valence-corrected chi connectivity index (χ2v) is 7.92. The highest BCUT2D eigenvalue weighted by Crippen LogP contribution is 2.35. The van der Waals surface area contributed by atoms with Crippen LogP contribution >= 0.6 is 11.3 Å². The normalized spacial score (nSPS) is 13.4. The Morgan fingerprint density at radius 1 is 1.12 bits per heavy atom. The topological polar surface area (TPSA) is 103 Å². The Kier molecular flexibility index (Phi) is 8.07. The summed E-state index contributed by atoms with van der Waals surface area (Å²) in [7, 11) is 1.56. The van der Waals surface area contributed by atoms with E-state index in [4.69, 9.17) is 18.9 Å². The molecule has 0 saturated carbocycles. The van der Waals surface area contributed by atoms with Crippen molar-refractivity contribution in [1.29, 1.82) is 0 Å². The van der Waals surface area contributed by atoms with Crippen LogP contribution in [0.5, 0.6) is 11.5 Å². The minimum absolute atomic E-state index is 0.175. The van der Waals surface area contributed by atoms with Gasteiger partial charge in [0.15, 0.2) is 6.61 Å². The highest BCUT2D eigenvalue weighted by Gasteiger charge is 2.29. The van der Waals surface area contributed by atoms with E-state index in [-0.39, 0.29) is 29.7 Å². The second-order valence-electron chi connectivity index (χ2n) is 6.90. The monoisotopic (exact) mass is 462 g/mol. The number of nitrogens with zero attached hydrogens (tertiary/aromatic N) is 1. The lowest BCUT2D eigenvalue weighted by molar-refractivity contribution is -0.118. The van der Waals surface area contributed by atoms with Crippen molar-refractivity contribution < 1.29 is 33.3 Å². The number of hydrogen-bond acceptors (Lipinski definition) is 8. The van der Waals surface area contributed by atoms with Gasteiger partial charge in [-0.2, -0.15) is 0 Å². The van der Waals surface area contributed by atoms with Crippen molar-refractivity contribution in [1.82, 2.24) is 4.90 Å². The van der Waals surface area contributed by atoms with Crippen molar-refractivity contribution >= 4 is 34.1 Å².